The first-order valence-electron chi connectivity index (χ1n) is 5.25. The van der Waals surface area contributed by atoms with Crippen LogP contribution in [0, 0.1) is 0 Å². The lowest BCUT2D eigenvalue weighted by Crippen LogP contribution is -2.28. The minimum atomic E-state index is -1.80. The third-order valence-electron chi connectivity index (χ3n) is 1.75. The molecular formula is C10H17NO5P+. The van der Waals surface area contributed by atoms with Crippen molar-refractivity contribution in [2.24, 2.45) is 0 Å². The van der Waals surface area contributed by atoms with Gasteiger partial charge in [0.2, 0.25) is 12.3 Å². The van der Waals surface area contributed by atoms with Crippen LogP contribution in [-0.2, 0) is 18.9 Å². The minimum absolute atomic E-state index is 0.0178. The van der Waals surface area contributed by atoms with Crippen LogP contribution in [0.4, 0.5) is 0 Å². The predicted molar refractivity (Wildman–Crippen MR) is 62.7 cm³/mol. The summed E-state index contributed by atoms with van der Waals surface area (Å²) in [6.07, 6.45) is 1.09. The van der Waals surface area contributed by atoms with Crippen molar-refractivity contribution in [2.45, 2.75) is 20.3 Å². The van der Waals surface area contributed by atoms with Gasteiger partial charge in [0.25, 0.3) is 0 Å². The van der Waals surface area contributed by atoms with Crippen molar-refractivity contribution in [2.75, 3.05) is 19.1 Å². The summed E-state index contributed by atoms with van der Waals surface area (Å²) in [4.78, 5) is 22.6. The number of aliphatic hydroxyl groups excluding tert-OH is 1. The molecule has 0 saturated carbocycles. The third kappa shape index (κ3) is 6.81. The lowest BCUT2D eigenvalue weighted by molar-refractivity contribution is -0.140. The molecule has 0 aliphatic heterocycles. The largest absolute Gasteiger partial charge is 0.461 e. The summed E-state index contributed by atoms with van der Waals surface area (Å²) in [5.41, 5.74) is -0.0319. The van der Waals surface area contributed by atoms with Crippen LogP contribution in [0.15, 0.2) is 11.8 Å². The fraction of sp³-hybridized carbons (Fsp3) is 0.600. The minimum Gasteiger partial charge on any atom is -0.461 e. The first-order valence-corrected chi connectivity index (χ1v) is 6.88. The number of amides is 1. The molecule has 2 N–H and O–H groups in total. The molecule has 0 aromatic carbocycles. The van der Waals surface area contributed by atoms with E-state index in [0.717, 1.165) is 0 Å². The number of rotatable bonds is 7. The molecule has 0 aliphatic rings. The molecule has 0 aromatic rings. The summed E-state index contributed by atoms with van der Waals surface area (Å²) in [5.74, 6) is -1.00. The number of aliphatic hydroxyl groups is 1. The van der Waals surface area contributed by atoms with E-state index in [1.165, 1.54) is 6.08 Å². The Morgan fingerprint density at radius 3 is 2.53 bits per heavy atom. The molecule has 1 amide bonds. The summed E-state index contributed by atoms with van der Waals surface area (Å²) in [5, 5.41) is 11.0. The summed E-state index contributed by atoms with van der Waals surface area (Å²) < 4.78 is 15.8. The highest BCUT2D eigenvalue weighted by atomic mass is 31.1. The first-order chi connectivity index (χ1) is 8.04. The van der Waals surface area contributed by atoms with Gasteiger partial charge < -0.3 is 15.2 Å². The van der Waals surface area contributed by atoms with Crippen molar-refractivity contribution in [1.29, 1.82) is 0 Å². The Kier molecular flexibility index (Phi) is 8.19. The maximum atomic E-state index is 11.4. The van der Waals surface area contributed by atoms with Gasteiger partial charge in [-0.1, -0.05) is 11.5 Å². The predicted octanol–water partition coefficient (Wildman–Crippen LogP) is 0.737. The van der Waals surface area contributed by atoms with Gasteiger partial charge >= 0.3 is 13.8 Å². The average Bonchev–Trinajstić information content (AvgIpc) is 2.33. The Labute approximate surface area is 101 Å². The molecule has 0 radical (unpaired) electrons. The molecule has 0 saturated heterocycles. The van der Waals surface area contributed by atoms with Crippen molar-refractivity contribution in [1.82, 2.24) is 5.32 Å². The first kappa shape index (κ1) is 15.7. The van der Waals surface area contributed by atoms with Crippen LogP contribution >= 0.6 is 7.80 Å². The van der Waals surface area contributed by atoms with Crippen molar-refractivity contribution in [3.63, 3.8) is 0 Å². The molecule has 17 heavy (non-hydrogen) atoms. The van der Waals surface area contributed by atoms with E-state index in [9.17, 15) is 14.2 Å². The SMILES string of the molecule is CCOC(=O)/C(=C/C[P+](=O)CO)NC(=O)CC. The Balaban J connectivity index is 4.65. The average molecular weight is 262 g/mol. The fourth-order valence-corrected chi connectivity index (χ4v) is 1.39. The number of hydrogen-bond acceptors (Lipinski definition) is 5. The highest BCUT2D eigenvalue weighted by Crippen LogP contribution is 2.18. The van der Waals surface area contributed by atoms with Gasteiger partial charge in [0, 0.05) is 6.42 Å². The molecular weight excluding hydrogens is 245 g/mol. The lowest BCUT2D eigenvalue weighted by atomic mass is 10.3. The van der Waals surface area contributed by atoms with Crippen molar-refractivity contribution in [3.05, 3.63) is 11.8 Å². The van der Waals surface area contributed by atoms with Gasteiger partial charge in [-0.25, -0.2) is 4.79 Å². The van der Waals surface area contributed by atoms with E-state index in [-0.39, 0.29) is 30.8 Å². The quantitative estimate of drug-likeness (QED) is 0.401. The standard InChI is InChI=1S/C10H16NO5P/c1-3-9(13)11-8(10(14)16-4-2)5-6-17(15)7-12/h5,12H,3-4,6-7H2,1-2H3/p+1/b8-5-. The maximum Gasteiger partial charge on any atom is 0.370 e. The Bertz CT molecular complexity index is 327. The van der Waals surface area contributed by atoms with E-state index in [1.54, 1.807) is 13.8 Å². The van der Waals surface area contributed by atoms with Crippen LogP contribution in [0.1, 0.15) is 20.3 Å². The van der Waals surface area contributed by atoms with E-state index in [0.29, 0.717) is 0 Å². The zero-order valence-corrected chi connectivity index (χ0v) is 10.8. The van der Waals surface area contributed by atoms with Crippen LogP contribution in [0.5, 0.6) is 0 Å². The molecule has 0 fully saturated rings. The highest BCUT2D eigenvalue weighted by Gasteiger charge is 2.17. The lowest BCUT2D eigenvalue weighted by Gasteiger charge is -2.07. The number of carbonyl (C=O) groups excluding carboxylic acids is 2. The van der Waals surface area contributed by atoms with E-state index in [4.69, 9.17) is 9.84 Å². The van der Waals surface area contributed by atoms with Gasteiger partial charge in [-0.05, 0) is 13.0 Å². The van der Waals surface area contributed by atoms with E-state index in [2.05, 4.69) is 5.32 Å². The summed E-state index contributed by atoms with van der Waals surface area (Å²) in [7, 11) is -1.80. The Morgan fingerprint density at radius 2 is 2.06 bits per heavy atom. The molecule has 0 spiro atoms. The molecule has 96 valence electrons. The molecule has 0 aromatic heterocycles. The van der Waals surface area contributed by atoms with Gasteiger partial charge in [0.05, 0.1) is 6.61 Å². The molecule has 0 aliphatic carbocycles. The second kappa shape index (κ2) is 8.84. The smallest absolute Gasteiger partial charge is 0.370 e. The number of hydrogen-bond donors (Lipinski definition) is 2. The van der Waals surface area contributed by atoms with Gasteiger partial charge in [-0.3, -0.25) is 4.79 Å². The van der Waals surface area contributed by atoms with Gasteiger partial charge in [-0.2, -0.15) is 0 Å². The molecule has 0 bridgehead atoms. The van der Waals surface area contributed by atoms with E-state index in [1.807, 2.05) is 0 Å². The van der Waals surface area contributed by atoms with Crippen LogP contribution in [0.25, 0.3) is 0 Å². The zero-order valence-electron chi connectivity index (χ0n) is 9.93. The van der Waals surface area contributed by atoms with Crippen LogP contribution in [-0.4, -0.2) is 36.1 Å². The number of ether oxygens (including phenoxy) is 1. The molecule has 0 heterocycles. The van der Waals surface area contributed by atoms with Crippen molar-refractivity contribution in [3.8, 4) is 0 Å². The number of nitrogens with one attached hydrogen (secondary N) is 1. The van der Waals surface area contributed by atoms with E-state index >= 15 is 0 Å². The third-order valence-corrected chi connectivity index (χ3v) is 2.65. The molecule has 1 atom stereocenters. The number of allylic oxidation sites excluding steroid dienone is 1. The summed E-state index contributed by atoms with van der Waals surface area (Å²) in [6, 6.07) is 0. The fourth-order valence-electron chi connectivity index (χ4n) is 0.884. The number of esters is 1. The normalized spacial score (nSPS) is 11.9. The van der Waals surface area contributed by atoms with E-state index < -0.39 is 20.1 Å². The molecule has 7 heteroatoms. The van der Waals surface area contributed by atoms with Gasteiger partial charge in [-0.15, -0.1) is 0 Å². The number of carbonyl (C=O) groups is 2. The van der Waals surface area contributed by atoms with Gasteiger partial charge in [0.15, 0.2) is 6.16 Å². The molecule has 6 nitrogen and oxygen atoms in total. The molecule has 0 rings (SSSR count). The Hall–Kier alpha value is -1.26. The van der Waals surface area contributed by atoms with Gasteiger partial charge in [0.1, 0.15) is 5.70 Å². The molecule has 1 unspecified atom stereocenters. The highest BCUT2D eigenvalue weighted by molar-refractivity contribution is 7.44. The Morgan fingerprint density at radius 1 is 1.41 bits per heavy atom. The topological polar surface area (TPSA) is 92.7 Å². The zero-order chi connectivity index (χ0) is 13.3. The van der Waals surface area contributed by atoms with Crippen molar-refractivity contribution >= 4 is 19.7 Å². The second-order valence-electron chi connectivity index (χ2n) is 3.05. The second-order valence-corrected chi connectivity index (χ2v) is 4.66. The van der Waals surface area contributed by atoms with Crippen LogP contribution in [0.3, 0.4) is 0 Å². The maximum absolute atomic E-state index is 11.4. The van der Waals surface area contributed by atoms with Crippen LogP contribution < -0.4 is 5.32 Å². The summed E-state index contributed by atoms with van der Waals surface area (Å²) >= 11 is 0. The summed E-state index contributed by atoms with van der Waals surface area (Å²) in [6.45, 7) is 3.47. The van der Waals surface area contributed by atoms with Crippen molar-refractivity contribution < 1.29 is 24.0 Å². The monoisotopic (exact) mass is 262 g/mol. The van der Waals surface area contributed by atoms with Crippen LogP contribution in [0.2, 0.25) is 0 Å².